The summed E-state index contributed by atoms with van der Waals surface area (Å²) in [5.41, 5.74) is -1.94. The maximum atomic E-state index is 15.6. The zero-order valence-electron chi connectivity index (χ0n) is 35.3. The number of aromatic nitrogens is 1. The summed E-state index contributed by atoms with van der Waals surface area (Å²) in [7, 11) is 6.15. The van der Waals surface area contributed by atoms with E-state index < -0.39 is 57.5 Å². The highest BCUT2D eigenvalue weighted by Gasteiger charge is 2.81. The van der Waals surface area contributed by atoms with E-state index in [1.807, 2.05) is 62.2 Å². The molecule has 1 aromatic heterocycles. The third kappa shape index (κ3) is 5.20. The summed E-state index contributed by atoms with van der Waals surface area (Å²) in [5, 5.41) is 26.6. The normalized spacial score (nSPS) is 37.0. The van der Waals surface area contributed by atoms with Crippen LogP contribution in [0.5, 0.6) is 5.75 Å². The molecule has 2 saturated heterocycles. The number of hydrogen-bond acceptors (Lipinski definition) is 12. The fourth-order valence-corrected chi connectivity index (χ4v) is 13.6. The van der Waals surface area contributed by atoms with Gasteiger partial charge in [-0.2, -0.15) is 0 Å². The van der Waals surface area contributed by atoms with Crippen molar-refractivity contribution in [2.75, 3.05) is 66.0 Å². The van der Waals surface area contributed by atoms with Crippen LogP contribution in [0.25, 0.3) is 10.9 Å². The molecule has 0 radical (unpaired) electrons. The zero-order valence-corrected chi connectivity index (χ0v) is 35.3. The summed E-state index contributed by atoms with van der Waals surface area (Å²) in [5.74, 6) is -1.58. The fraction of sp³-hybridized carbons (Fsp3) is 0.587. The molecule has 59 heavy (non-hydrogen) atoms. The van der Waals surface area contributed by atoms with Crippen molar-refractivity contribution in [3.8, 4) is 5.75 Å². The van der Waals surface area contributed by atoms with E-state index >= 15 is 4.79 Å². The second-order valence-electron chi connectivity index (χ2n) is 18.2. The van der Waals surface area contributed by atoms with Crippen molar-refractivity contribution in [2.24, 2.45) is 11.3 Å². The first-order chi connectivity index (χ1) is 28.2. The van der Waals surface area contributed by atoms with Gasteiger partial charge in [-0.1, -0.05) is 44.2 Å². The maximum absolute atomic E-state index is 15.6. The van der Waals surface area contributed by atoms with Gasteiger partial charge in [-0.05, 0) is 79.8 Å². The number of rotatable bonds is 7. The largest absolute Gasteiger partial charge is 0.497 e. The van der Waals surface area contributed by atoms with Crippen molar-refractivity contribution >= 4 is 34.5 Å². The molecule has 2 aromatic carbocycles. The highest BCUT2D eigenvalue weighted by molar-refractivity contribution is 5.95. The van der Waals surface area contributed by atoms with Gasteiger partial charge in [0.05, 0.1) is 33.0 Å². The SMILES string of the molecule is CCC1(O)CC2CN(CCc3c([nH]c4ccccc34)C(C(=O)OC)(c3cc(OC)cc4c3C35CCN6CC=CC(CC)(C(OC(C)=O)C(O)(C(=O)OC)C3N4C)C65)C2)C1. The first kappa shape index (κ1) is 40.0. The third-order valence-electron chi connectivity index (χ3n) is 15.6. The van der Waals surface area contributed by atoms with Gasteiger partial charge in [0.1, 0.15) is 11.2 Å². The second-order valence-corrected chi connectivity index (χ2v) is 18.2. The Morgan fingerprint density at radius 3 is 2.42 bits per heavy atom. The quantitative estimate of drug-likeness (QED) is 0.180. The highest BCUT2D eigenvalue weighted by Crippen LogP contribution is 2.69. The Labute approximate surface area is 345 Å². The van der Waals surface area contributed by atoms with Gasteiger partial charge in [-0.15, -0.1) is 0 Å². The van der Waals surface area contributed by atoms with Crippen LogP contribution in [0.15, 0.2) is 48.6 Å². The molecule has 13 nitrogen and oxygen atoms in total. The Balaban J connectivity index is 1.42. The molecule has 5 aliphatic heterocycles. The lowest BCUT2D eigenvalue weighted by atomic mass is 9.46. The van der Waals surface area contributed by atoms with E-state index in [0.717, 1.165) is 27.7 Å². The van der Waals surface area contributed by atoms with E-state index in [0.29, 0.717) is 88.2 Å². The molecule has 3 fully saturated rings. The summed E-state index contributed by atoms with van der Waals surface area (Å²) >= 11 is 0. The predicted octanol–water partition coefficient (Wildman–Crippen LogP) is 3.99. The average Bonchev–Trinajstić information content (AvgIpc) is 3.90. The summed E-state index contributed by atoms with van der Waals surface area (Å²) in [6.07, 6.45) is 5.77. The first-order valence-corrected chi connectivity index (χ1v) is 21.2. The molecule has 3 aromatic rings. The number of carbonyl (C=O) groups is 3. The minimum Gasteiger partial charge on any atom is -0.497 e. The molecule has 6 aliphatic rings. The summed E-state index contributed by atoms with van der Waals surface area (Å²) in [4.78, 5) is 53.8. The molecule has 0 amide bonds. The van der Waals surface area contributed by atoms with E-state index in [1.165, 1.54) is 21.1 Å². The average molecular weight is 811 g/mol. The number of carbonyl (C=O) groups excluding carboxylic acids is 3. The number of esters is 3. The number of nitrogens with zero attached hydrogens (tertiary/aromatic N) is 3. The van der Waals surface area contributed by atoms with Crippen molar-refractivity contribution < 1.29 is 43.5 Å². The second kappa shape index (κ2) is 13.8. The summed E-state index contributed by atoms with van der Waals surface area (Å²) in [6.45, 7) is 8.52. The topological polar surface area (TPSA) is 154 Å². The molecule has 3 N–H and O–H groups in total. The van der Waals surface area contributed by atoms with Crippen LogP contribution < -0.4 is 9.64 Å². The molecule has 1 aliphatic carbocycles. The van der Waals surface area contributed by atoms with Crippen LogP contribution in [-0.4, -0.2) is 133 Å². The number of anilines is 1. The lowest BCUT2D eigenvalue weighted by Gasteiger charge is -2.63. The number of ether oxygens (including phenoxy) is 4. The molecule has 1 spiro atoms. The van der Waals surface area contributed by atoms with Crippen molar-refractivity contribution in [2.45, 2.75) is 99.5 Å². The third-order valence-corrected chi connectivity index (χ3v) is 15.6. The van der Waals surface area contributed by atoms with Gasteiger partial charge >= 0.3 is 17.9 Å². The molecule has 1 saturated carbocycles. The molecule has 9 rings (SSSR count). The van der Waals surface area contributed by atoms with Crippen LogP contribution in [0.3, 0.4) is 0 Å². The molecule has 13 heteroatoms. The van der Waals surface area contributed by atoms with Gasteiger partial charge in [-0.3, -0.25) is 19.4 Å². The van der Waals surface area contributed by atoms with Crippen LogP contribution in [-0.2, 0) is 45.8 Å². The number of hydrogen-bond donors (Lipinski definition) is 3. The number of nitrogens with one attached hydrogen (secondary N) is 1. The highest BCUT2D eigenvalue weighted by atomic mass is 16.6. The van der Waals surface area contributed by atoms with E-state index in [2.05, 4.69) is 26.9 Å². The Bertz CT molecular complexity index is 2260. The number of aromatic amines is 1. The number of para-hydroxylation sites is 1. The molecule has 10 atom stereocenters. The summed E-state index contributed by atoms with van der Waals surface area (Å²) < 4.78 is 23.9. The van der Waals surface area contributed by atoms with Gasteiger partial charge in [0.2, 0.25) is 5.60 Å². The maximum Gasteiger partial charge on any atom is 0.344 e. The standard InChI is InChI=1S/C46H58N4O9/c1-8-42(54)23-28-24-45(40(52)57-6,36-31(15-19-49(25-28)26-42)30-13-10-11-14-33(30)47-36)32-21-29(56-5)22-34-35(32)44-17-20-50-18-12-16-43(9-2,37(44)50)39(59-27(3)51)46(55,41(53)58-7)38(44)48(34)4/h10-14,16,21-22,28,37-39,47,54-55H,8-9,15,17-20,23-26H2,1-7H3. The number of H-pyrrole nitrogens is 1. The number of likely N-dealkylation sites (N-methyl/N-ethyl adjacent to an activating group) is 1. The minimum absolute atomic E-state index is 0.126. The number of aliphatic hydroxyl groups is 2. The number of methoxy groups -OCH3 is 3. The van der Waals surface area contributed by atoms with Gasteiger partial charge in [-0.25, -0.2) is 4.79 Å². The molecular weight excluding hydrogens is 753 g/mol. The van der Waals surface area contributed by atoms with Gasteiger partial charge in [0, 0.05) is 85.4 Å². The van der Waals surface area contributed by atoms with Crippen LogP contribution in [0.4, 0.5) is 5.69 Å². The van der Waals surface area contributed by atoms with Crippen molar-refractivity contribution in [3.63, 3.8) is 0 Å². The van der Waals surface area contributed by atoms with Gasteiger partial charge < -0.3 is 39.0 Å². The molecular formula is C46H58N4O9. The first-order valence-electron chi connectivity index (χ1n) is 21.2. The summed E-state index contributed by atoms with van der Waals surface area (Å²) in [6, 6.07) is 10.7. The van der Waals surface area contributed by atoms with E-state index in [-0.39, 0.29) is 12.0 Å². The number of benzene rings is 2. The zero-order chi connectivity index (χ0) is 41.9. The van der Waals surface area contributed by atoms with Crippen LogP contribution in [0.1, 0.15) is 75.3 Å². The van der Waals surface area contributed by atoms with E-state index in [4.69, 9.17) is 18.9 Å². The molecule has 10 unspecified atom stereocenters. The minimum atomic E-state index is -2.35. The fourth-order valence-electron chi connectivity index (χ4n) is 13.6. The molecule has 6 heterocycles. The molecule has 316 valence electrons. The van der Waals surface area contributed by atoms with Crippen molar-refractivity contribution in [3.05, 3.63) is 70.9 Å². The Morgan fingerprint density at radius 1 is 0.966 bits per heavy atom. The Morgan fingerprint density at radius 2 is 1.73 bits per heavy atom. The van der Waals surface area contributed by atoms with E-state index in [1.54, 1.807) is 7.11 Å². The Kier molecular flexibility index (Phi) is 9.36. The van der Waals surface area contributed by atoms with Crippen LogP contribution in [0, 0.1) is 11.3 Å². The monoisotopic (exact) mass is 810 g/mol. The van der Waals surface area contributed by atoms with E-state index in [9.17, 15) is 19.8 Å². The van der Waals surface area contributed by atoms with Gasteiger partial charge in [0.25, 0.3) is 0 Å². The van der Waals surface area contributed by atoms with Crippen molar-refractivity contribution in [1.82, 2.24) is 14.8 Å². The molecule has 2 bridgehead atoms. The number of fused-ring (bicyclic) bond motifs is 6. The Hall–Kier alpha value is -4.43. The number of piperidine rings is 1. The van der Waals surface area contributed by atoms with Crippen molar-refractivity contribution in [1.29, 1.82) is 0 Å². The van der Waals surface area contributed by atoms with Crippen LogP contribution in [0.2, 0.25) is 0 Å². The van der Waals surface area contributed by atoms with Crippen LogP contribution >= 0.6 is 0 Å². The lowest BCUT2D eigenvalue weighted by Crippen LogP contribution is -2.81. The predicted molar refractivity (Wildman–Crippen MR) is 220 cm³/mol. The van der Waals surface area contributed by atoms with Gasteiger partial charge in [0.15, 0.2) is 6.10 Å². The lowest BCUT2D eigenvalue weighted by molar-refractivity contribution is -0.228. The smallest absolute Gasteiger partial charge is 0.344 e.